The molecule has 3 aliphatic rings. The first kappa shape index (κ1) is 58.7. The van der Waals surface area contributed by atoms with Gasteiger partial charge in [-0.15, -0.1) is 0 Å². The molecule has 6 N–H and O–H groups in total. The lowest BCUT2D eigenvalue weighted by atomic mass is 9.82. The summed E-state index contributed by atoms with van der Waals surface area (Å²) in [6.45, 7) is 6.65. The van der Waals surface area contributed by atoms with Gasteiger partial charge in [-0.25, -0.2) is 37.1 Å². The van der Waals surface area contributed by atoms with Crippen LogP contribution < -0.4 is 26.3 Å². The first-order chi connectivity index (χ1) is 36.7. The van der Waals surface area contributed by atoms with Crippen LogP contribution in [0, 0.1) is 34.3 Å². The number of rotatable bonds is 19. The van der Waals surface area contributed by atoms with Gasteiger partial charge in [0.1, 0.15) is 36.1 Å². The van der Waals surface area contributed by atoms with E-state index in [1.807, 2.05) is 17.4 Å². The highest BCUT2D eigenvalue weighted by Crippen LogP contribution is 2.41. The van der Waals surface area contributed by atoms with Crippen molar-refractivity contribution in [1.82, 2.24) is 46.0 Å². The molecule has 4 aromatic rings. The number of methoxy groups -OCH3 is 1. The Morgan fingerprint density at radius 3 is 2.03 bits per heavy atom. The fourth-order valence-electron chi connectivity index (χ4n) is 9.72. The Bertz CT molecular complexity index is 2800. The minimum absolute atomic E-state index is 0.0605. The Balaban J connectivity index is 1.15. The number of hydrogen-bond donors (Lipinski definition) is 6. The van der Waals surface area contributed by atoms with Crippen LogP contribution >= 0.6 is 0 Å². The Kier molecular flexibility index (Phi) is 18.3. The van der Waals surface area contributed by atoms with Crippen LogP contribution in [-0.2, 0) is 38.6 Å². The number of aliphatic hydroxyl groups excluding tert-OH is 1. The van der Waals surface area contributed by atoms with Gasteiger partial charge in [-0.2, -0.15) is 18.3 Å². The van der Waals surface area contributed by atoms with Gasteiger partial charge in [0.25, 0.3) is 12.3 Å². The monoisotopic (exact) mass is 1100 g/mol. The van der Waals surface area contributed by atoms with E-state index >= 15 is 8.78 Å². The number of alkyl halides is 5. The highest BCUT2D eigenvalue weighted by Gasteiger charge is 2.56. The maximum atomic E-state index is 16.1. The van der Waals surface area contributed by atoms with E-state index in [2.05, 4.69) is 47.5 Å². The van der Waals surface area contributed by atoms with Gasteiger partial charge >= 0.3 is 18.4 Å². The number of aliphatic hydroxyl groups is 1. The van der Waals surface area contributed by atoms with E-state index in [1.165, 1.54) is 33.0 Å². The summed E-state index contributed by atoms with van der Waals surface area (Å²) in [6, 6.07) is 9.08. The Morgan fingerprint density at radius 1 is 0.859 bits per heavy atom. The average molecular weight is 1100 g/mol. The number of anilines is 1. The van der Waals surface area contributed by atoms with E-state index in [9.17, 15) is 51.3 Å². The topological polar surface area (TPSA) is 216 Å². The van der Waals surface area contributed by atoms with Crippen LogP contribution in [0.1, 0.15) is 69.7 Å². The van der Waals surface area contributed by atoms with Gasteiger partial charge in [0.2, 0.25) is 5.91 Å². The van der Waals surface area contributed by atoms with E-state index in [-0.39, 0.29) is 17.7 Å². The quantitative estimate of drug-likeness (QED) is 0.0370. The zero-order valence-electron chi connectivity index (χ0n) is 43.7. The minimum Gasteiger partial charge on any atom is -0.465 e. The van der Waals surface area contributed by atoms with Crippen LogP contribution in [0.15, 0.2) is 67.0 Å². The lowest BCUT2D eigenvalue weighted by Crippen LogP contribution is -2.63. The number of pyridine rings is 1. The second-order valence-corrected chi connectivity index (χ2v) is 21.3. The minimum atomic E-state index is -5.09. The van der Waals surface area contributed by atoms with Gasteiger partial charge in [-0.1, -0.05) is 44.7 Å². The Hall–Kier alpha value is -7.01. The van der Waals surface area contributed by atoms with Crippen LogP contribution in [0.3, 0.4) is 0 Å². The van der Waals surface area contributed by atoms with Crippen LogP contribution in [0.2, 0.25) is 0 Å². The summed E-state index contributed by atoms with van der Waals surface area (Å²) in [4.78, 5) is 61.9. The zero-order chi connectivity index (χ0) is 56.9. The molecule has 7 rings (SSSR count). The predicted octanol–water partition coefficient (Wildman–Crippen LogP) is 5.86. The van der Waals surface area contributed by atoms with Gasteiger partial charge in [-0.3, -0.25) is 24.6 Å². The first-order valence-electron chi connectivity index (χ1n) is 25.1. The van der Waals surface area contributed by atoms with Crippen molar-refractivity contribution >= 4 is 29.8 Å². The summed E-state index contributed by atoms with van der Waals surface area (Å²) in [5.41, 5.74) is -1.04. The molecule has 422 valence electrons. The molecular formula is C53H63F7N10O8. The molecule has 6 atom stereocenters. The van der Waals surface area contributed by atoms with Crippen molar-refractivity contribution in [1.29, 1.82) is 0 Å². The largest absolute Gasteiger partial charge is 0.465 e. The number of halogens is 7. The molecular weight excluding hydrogens is 1040 g/mol. The molecule has 25 heteroatoms. The number of aromatic nitrogens is 3. The number of hydrogen-bond acceptors (Lipinski definition) is 12. The van der Waals surface area contributed by atoms with Crippen molar-refractivity contribution in [3.63, 3.8) is 0 Å². The van der Waals surface area contributed by atoms with Crippen LogP contribution in [-0.4, -0.2) is 154 Å². The molecule has 4 amide bonds. The lowest BCUT2D eigenvalue weighted by molar-refractivity contribution is -0.220. The van der Waals surface area contributed by atoms with Crippen molar-refractivity contribution in [3.05, 3.63) is 101 Å². The van der Waals surface area contributed by atoms with Crippen LogP contribution in [0.25, 0.3) is 11.3 Å². The lowest BCUT2D eigenvalue weighted by Gasteiger charge is -2.47. The third kappa shape index (κ3) is 14.4. The number of fused-ring (bicyclic) bond motifs is 2. The van der Waals surface area contributed by atoms with Gasteiger partial charge in [0.05, 0.1) is 49.6 Å². The SMILES string of the molecule is COC(=O)N[C@H](C(=O)N[C@@H](Cc1ccc(C#Cc2ccc(N3CC4CCC(C3)N4C3COC3)nc2)cc1)[C@@H](O)CN(Cc1c(F)cc(-c2ccn(CC(F)F)n2)cc1F)NC(=O)[C@@H](NC(=O)O)C(C)(C)C)C(C)(C)C(F)(F)F. The molecule has 2 aromatic heterocycles. The van der Waals surface area contributed by atoms with E-state index in [0.29, 0.717) is 48.7 Å². The molecule has 78 heavy (non-hydrogen) atoms. The molecule has 0 saturated carbocycles. The average Bonchev–Trinajstić information content (AvgIpc) is 3.92. The molecule has 2 bridgehead atoms. The second kappa shape index (κ2) is 24.3. The summed E-state index contributed by atoms with van der Waals surface area (Å²) in [5.74, 6) is 2.08. The number of hydrazine groups is 1. The number of alkyl carbamates (subject to hydrolysis) is 1. The molecule has 0 spiro atoms. The number of nitrogens with one attached hydrogen (secondary N) is 4. The fourth-order valence-corrected chi connectivity index (χ4v) is 9.72. The van der Waals surface area contributed by atoms with Crippen LogP contribution in [0.4, 0.5) is 46.1 Å². The normalized spacial score (nSPS) is 18.5. The maximum Gasteiger partial charge on any atom is 0.407 e. The molecule has 2 aromatic carbocycles. The van der Waals surface area contributed by atoms with Crippen molar-refractivity contribution in [2.24, 2.45) is 10.8 Å². The summed E-state index contributed by atoms with van der Waals surface area (Å²) >= 11 is 0. The molecule has 18 nitrogen and oxygen atoms in total. The molecule has 3 saturated heterocycles. The van der Waals surface area contributed by atoms with Crippen molar-refractivity contribution in [2.75, 3.05) is 44.9 Å². The zero-order valence-corrected chi connectivity index (χ0v) is 43.7. The summed E-state index contributed by atoms with van der Waals surface area (Å²) in [7, 11) is 0.874. The summed E-state index contributed by atoms with van der Waals surface area (Å²) in [6.07, 6.45) is -7.99. The number of amides is 4. The first-order valence-corrected chi connectivity index (χ1v) is 25.1. The third-order valence-electron chi connectivity index (χ3n) is 14.2. The van der Waals surface area contributed by atoms with Crippen LogP contribution in [0.5, 0.6) is 0 Å². The number of nitrogens with zero attached hydrogens (tertiary/aromatic N) is 6. The van der Waals surface area contributed by atoms with E-state index < -0.39 is 108 Å². The number of ether oxygens (including phenoxy) is 2. The summed E-state index contributed by atoms with van der Waals surface area (Å²) < 4.78 is 113. The number of carboxylic acid groups (broad SMARTS) is 1. The third-order valence-corrected chi connectivity index (χ3v) is 14.2. The highest BCUT2D eigenvalue weighted by molar-refractivity contribution is 5.87. The Labute approximate surface area is 446 Å². The smallest absolute Gasteiger partial charge is 0.407 e. The Morgan fingerprint density at radius 2 is 1.49 bits per heavy atom. The fraction of sp³-hybridized carbons (Fsp3) is 0.509. The molecule has 5 heterocycles. The predicted molar refractivity (Wildman–Crippen MR) is 269 cm³/mol. The number of benzene rings is 2. The van der Waals surface area contributed by atoms with E-state index in [1.54, 1.807) is 30.5 Å². The molecule has 3 aliphatic heterocycles. The van der Waals surface area contributed by atoms with Crippen molar-refractivity contribution in [3.8, 4) is 23.1 Å². The maximum absolute atomic E-state index is 16.1. The van der Waals surface area contributed by atoms with Gasteiger partial charge in [0.15, 0.2) is 0 Å². The number of carbonyl (C=O) groups is 4. The van der Waals surface area contributed by atoms with Crippen molar-refractivity contribution in [2.45, 2.75) is 122 Å². The van der Waals surface area contributed by atoms with Gasteiger partial charge < -0.3 is 40.5 Å². The van der Waals surface area contributed by atoms with Crippen molar-refractivity contribution < 1.29 is 69.6 Å². The van der Waals surface area contributed by atoms with Gasteiger partial charge in [-0.05, 0) is 86.6 Å². The molecule has 3 fully saturated rings. The highest BCUT2D eigenvalue weighted by atomic mass is 19.4. The molecule has 2 unspecified atom stereocenters. The standard InChI is InChI=1S/C53H63F7N10O8/c1-51(2,3)45(63-49(74)75)48(73)66-69(25-37-38(54)20-33(21-39(37)55)40-17-18-68(65-40)27-43(56)57)26-42(71)41(62-47(72)46(64-50(76)77-6)52(4,5)53(58,59)60)19-31-10-7-30(8-11-31)9-12-32-13-16-44(61-22-32)67-23-34-14-15-35(24-67)70(34)36-28-78-29-36/h7-8,10-11,13,16-18,20-22,34-36,41-43,45-46,63,71H,14-15,19,23-29H2,1-6H3,(H,62,72)(H,64,76)(H,66,73)(H,74,75)/t34?,35?,41-,42-,45+,46+/m0/s1. The number of carbonyl (C=O) groups excluding carboxylic acids is 3. The number of piperazine rings is 1. The summed E-state index contributed by atoms with van der Waals surface area (Å²) in [5, 5.41) is 32.9. The molecule has 0 radical (unpaired) electrons. The van der Waals surface area contributed by atoms with E-state index in [0.717, 1.165) is 73.9 Å². The second-order valence-electron chi connectivity index (χ2n) is 21.3. The van der Waals surface area contributed by atoms with Gasteiger partial charge in [0, 0.05) is 72.9 Å². The van der Waals surface area contributed by atoms with E-state index in [4.69, 9.17) is 9.72 Å². The molecule has 0 aliphatic carbocycles.